The van der Waals surface area contributed by atoms with Crippen molar-refractivity contribution < 1.29 is 4.92 Å². The van der Waals surface area contributed by atoms with E-state index in [9.17, 15) is 10.1 Å². The van der Waals surface area contributed by atoms with Crippen molar-refractivity contribution in [2.24, 2.45) is 5.73 Å². The van der Waals surface area contributed by atoms with Gasteiger partial charge < -0.3 is 10.6 Å². The number of anilines is 1. The molecule has 0 aliphatic heterocycles. The lowest BCUT2D eigenvalue weighted by atomic mass is 10.2. The van der Waals surface area contributed by atoms with E-state index in [0.717, 1.165) is 18.7 Å². The van der Waals surface area contributed by atoms with E-state index in [-0.39, 0.29) is 5.69 Å². The Balaban J connectivity index is 2.66. The van der Waals surface area contributed by atoms with Crippen LogP contribution < -0.4 is 10.6 Å². The molecule has 0 bridgehead atoms. The van der Waals surface area contributed by atoms with Gasteiger partial charge in [-0.2, -0.15) is 0 Å². The van der Waals surface area contributed by atoms with E-state index in [1.165, 1.54) is 12.1 Å². The van der Waals surface area contributed by atoms with E-state index in [4.69, 9.17) is 5.73 Å². The van der Waals surface area contributed by atoms with Crippen LogP contribution in [0.25, 0.3) is 0 Å². The van der Waals surface area contributed by atoms with Gasteiger partial charge in [0.2, 0.25) is 0 Å². The third kappa shape index (κ3) is 3.21. The van der Waals surface area contributed by atoms with Gasteiger partial charge in [0.05, 0.1) is 4.92 Å². The van der Waals surface area contributed by atoms with Crippen molar-refractivity contribution in [1.29, 1.82) is 0 Å². The first-order valence-corrected chi connectivity index (χ1v) is 4.81. The average Bonchev–Trinajstić information content (AvgIpc) is 2.26. The lowest BCUT2D eigenvalue weighted by Crippen LogP contribution is -2.20. The molecule has 0 aliphatic rings. The molecule has 0 aliphatic carbocycles. The molecule has 0 heterocycles. The fraction of sp³-hybridized carbons (Fsp3) is 0.400. The summed E-state index contributed by atoms with van der Waals surface area (Å²) < 4.78 is 0. The molecule has 1 aromatic carbocycles. The summed E-state index contributed by atoms with van der Waals surface area (Å²) >= 11 is 0. The topological polar surface area (TPSA) is 72.4 Å². The molecule has 5 nitrogen and oxygen atoms in total. The number of non-ortho nitro benzene ring substituents is 1. The fourth-order valence-corrected chi connectivity index (χ4v) is 1.29. The molecule has 15 heavy (non-hydrogen) atoms. The van der Waals surface area contributed by atoms with Crippen molar-refractivity contribution in [1.82, 2.24) is 0 Å². The molecule has 0 unspecified atom stereocenters. The van der Waals surface area contributed by atoms with E-state index in [0.29, 0.717) is 6.54 Å². The monoisotopic (exact) mass is 209 g/mol. The minimum Gasteiger partial charge on any atom is -0.375 e. The van der Waals surface area contributed by atoms with Gasteiger partial charge in [-0.3, -0.25) is 10.1 Å². The van der Waals surface area contributed by atoms with Crippen molar-refractivity contribution in [2.75, 3.05) is 25.0 Å². The normalized spacial score (nSPS) is 10.0. The smallest absolute Gasteiger partial charge is 0.269 e. The van der Waals surface area contributed by atoms with E-state index >= 15 is 0 Å². The predicted octanol–water partition coefficient (Wildman–Crippen LogP) is 1.38. The minimum atomic E-state index is -0.399. The molecule has 0 saturated carbocycles. The van der Waals surface area contributed by atoms with Gasteiger partial charge in [-0.05, 0) is 25.1 Å². The third-order valence-electron chi connectivity index (χ3n) is 2.20. The molecule has 0 saturated heterocycles. The molecule has 0 radical (unpaired) electrons. The minimum absolute atomic E-state index is 0.117. The second kappa shape index (κ2) is 5.31. The summed E-state index contributed by atoms with van der Waals surface area (Å²) in [5, 5.41) is 10.4. The average molecular weight is 209 g/mol. The molecule has 0 atom stereocenters. The molecule has 5 heteroatoms. The molecular weight excluding hydrogens is 194 g/mol. The maximum absolute atomic E-state index is 10.4. The van der Waals surface area contributed by atoms with Gasteiger partial charge in [-0.1, -0.05) is 0 Å². The largest absolute Gasteiger partial charge is 0.375 e. The van der Waals surface area contributed by atoms with Gasteiger partial charge in [0.25, 0.3) is 5.69 Å². The molecule has 0 aromatic heterocycles. The highest BCUT2D eigenvalue weighted by Gasteiger charge is 2.05. The van der Waals surface area contributed by atoms with E-state index in [1.54, 1.807) is 12.1 Å². The SMILES string of the molecule is CN(CCCN)c1ccc([N+](=O)[O-])cc1. The molecule has 1 aromatic rings. The summed E-state index contributed by atoms with van der Waals surface area (Å²) in [5.41, 5.74) is 6.49. The van der Waals surface area contributed by atoms with Crippen LogP contribution >= 0.6 is 0 Å². The first-order chi connectivity index (χ1) is 7.15. The Morgan fingerprint density at radius 2 is 2.00 bits per heavy atom. The van der Waals surface area contributed by atoms with Crippen LogP contribution in [0.1, 0.15) is 6.42 Å². The van der Waals surface area contributed by atoms with Gasteiger partial charge in [-0.15, -0.1) is 0 Å². The maximum atomic E-state index is 10.4. The zero-order chi connectivity index (χ0) is 11.3. The molecule has 1 rings (SSSR count). The van der Waals surface area contributed by atoms with Crippen LogP contribution in [0.15, 0.2) is 24.3 Å². The summed E-state index contributed by atoms with van der Waals surface area (Å²) in [5.74, 6) is 0. The molecule has 0 amide bonds. The molecular formula is C10H15N3O2. The first-order valence-electron chi connectivity index (χ1n) is 4.81. The number of benzene rings is 1. The lowest BCUT2D eigenvalue weighted by Gasteiger charge is -2.18. The Morgan fingerprint density at radius 1 is 1.40 bits per heavy atom. The zero-order valence-electron chi connectivity index (χ0n) is 8.72. The van der Waals surface area contributed by atoms with Crippen LogP contribution in [0.4, 0.5) is 11.4 Å². The van der Waals surface area contributed by atoms with Crippen LogP contribution in [0.2, 0.25) is 0 Å². The number of nitro groups is 1. The van der Waals surface area contributed by atoms with Gasteiger partial charge in [0, 0.05) is 31.4 Å². The van der Waals surface area contributed by atoms with Crippen molar-refractivity contribution in [2.45, 2.75) is 6.42 Å². The third-order valence-corrected chi connectivity index (χ3v) is 2.20. The standard InChI is InChI=1S/C10H15N3O2/c1-12(8-2-7-11)9-3-5-10(6-4-9)13(14)15/h3-6H,2,7-8,11H2,1H3. The number of nitrogens with two attached hydrogens (primary N) is 1. The number of rotatable bonds is 5. The van der Waals surface area contributed by atoms with Crippen molar-refractivity contribution in [3.05, 3.63) is 34.4 Å². The Morgan fingerprint density at radius 3 is 2.47 bits per heavy atom. The van der Waals surface area contributed by atoms with Crippen LogP contribution in [-0.2, 0) is 0 Å². The molecule has 2 N–H and O–H groups in total. The van der Waals surface area contributed by atoms with Gasteiger partial charge >= 0.3 is 0 Å². The first kappa shape index (κ1) is 11.5. The number of hydrogen-bond acceptors (Lipinski definition) is 4. The number of hydrogen-bond donors (Lipinski definition) is 1. The molecule has 82 valence electrons. The highest BCUT2D eigenvalue weighted by Crippen LogP contribution is 2.18. The Hall–Kier alpha value is -1.62. The van der Waals surface area contributed by atoms with Gasteiger partial charge in [-0.25, -0.2) is 0 Å². The maximum Gasteiger partial charge on any atom is 0.269 e. The van der Waals surface area contributed by atoms with E-state index in [2.05, 4.69) is 0 Å². The Kier molecular flexibility index (Phi) is 4.05. The van der Waals surface area contributed by atoms with Crippen molar-refractivity contribution >= 4 is 11.4 Å². The van der Waals surface area contributed by atoms with E-state index < -0.39 is 4.92 Å². The zero-order valence-corrected chi connectivity index (χ0v) is 8.72. The molecule has 0 spiro atoms. The lowest BCUT2D eigenvalue weighted by molar-refractivity contribution is -0.384. The quantitative estimate of drug-likeness (QED) is 0.587. The molecule has 0 fully saturated rings. The fourth-order valence-electron chi connectivity index (χ4n) is 1.29. The number of nitrogens with zero attached hydrogens (tertiary/aromatic N) is 2. The second-order valence-electron chi connectivity index (χ2n) is 3.34. The summed E-state index contributed by atoms with van der Waals surface area (Å²) in [6.45, 7) is 1.51. The highest BCUT2D eigenvalue weighted by molar-refractivity contribution is 5.50. The van der Waals surface area contributed by atoms with Crippen molar-refractivity contribution in [3.8, 4) is 0 Å². The summed E-state index contributed by atoms with van der Waals surface area (Å²) in [6.07, 6.45) is 0.910. The van der Waals surface area contributed by atoms with Crippen LogP contribution in [-0.4, -0.2) is 25.1 Å². The van der Waals surface area contributed by atoms with Crippen molar-refractivity contribution in [3.63, 3.8) is 0 Å². The number of nitro benzene ring substituents is 1. The van der Waals surface area contributed by atoms with E-state index in [1.807, 2.05) is 11.9 Å². The van der Waals surface area contributed by atoms with Crippen LogP contribution in [0.3, 0.4) is 0 Å². The predicted molar refractivity (Wildman–Crippen MR) is 60.0 cm³/mol. The van der Waals surface area contributed by atoms with Gasteiger partial charge in [0.15, 0.2) is 0 Å². The second-order valence-corrected chi connectivity index (χ2v) is 3.34. The highest BCUT2D eigenvalue weighted by atomic mass is 16.6. The Bertz CT molecular complexity index is 324. The summed E-state index contributed by atoms with van der Waals surface area (Å²) in [4.78, 5) is 12.1. The van der Waals surface area contributed by atoms with Gasteiger partial charge in [0.1, 0.15) is 0 Å². The Labute approximate surface area is 88.6 Å². The summed E-state index contributed by atoms with van der Waals surface area (Å²) in [6, 6.07) is 6.51. The summed E-state index contributed by atoms with van der Waals surface area (Å²) in [7, 11) is 1.94. The van der Waals surface area contributed by atoms with Crippen LogP contribution in [0, 0.1) is 10.1 Å². The van der Waals surface area contributed by atoms with Crippen LogP contribution in [0.5, 0.6) is 0 Å².